The first-order chi connectivity index (χ1) is 9.70. The van der Waals surface area contributed by atoms with Crippen molar-refractivity contribution in [1.82, 2.24) is 14.8 Å². The van der Waals surface area contributed by atoms with Crippen LogP contribution < -0.4 is 5.73 Å². The summed E-state index contributed by atoms with van der Waals surface area (Å²) in [6.45, 7) is 4.36. The molecule has 1 saturated heterocycles. The number of carbonyl (C=O) groups excluding carboxylic acids is 1. The number of nitrogens with two attached hydrogens (primary N) is 1. The molecule has 0 aliphatic carbocycles. The van der Waals surface area contributed by atoms with Crippen molar-refractivity contribution in [3.05, 3.63) is 30.1 Å². The molecule has 1 aromatic rings. The zero-order valence-corrected chi connectivity index (χ0v) is 13.1. The molecule has 1 aliphatic heterocycles. The number of piperazine rings is 1. The minimum atomic E-state index is -0.549. The first-order valence-electron chi connectivity index (χ1n) is 6.85. The van der Waals surface area contributed by atoms with Gasteiger partial charge in [0.1, 0.15) is 6.04 Å². The lowest BCUT2D eigenvalue weighted by Crippen LogP contribution is -2.53. The number of hydrogen-bond donors (Lipinski definition) is 1. The van der Waals surface area contributed by atoms with E-state index in [1.807, 2.05) is 17.0 Å². The van der Waals surface area contributed by atoms with E-state index in [0.717, 1.165) is 32.7 Å². The molecule has 0 bridgehead atoms. The van der Waals surface area contributed by atoms with Gasteiger partial charge in [0.2, 0.25) is 5.91 Å². The van der Waals surface area contributed by atoms with Gasteiger partial charge in [0.25, 0.3) is 0 Å². The Labute approximate surface area is 131 Å². The van der Waals surface area contributed by atoms with E-state index in [1.165, 1.54) is 5.56 Å². The summed E-state index contributed by atoms with van der Waals surface area (Å²) in [7, 11) is 1.56. The van der Waals surface area contributed by atoms with Crippen molar-refractivity contribution in [2.75, 3.05) is 39.9 Å². The molecule has 1 amide bonds. The van der Waals surface area contributed by atoms with Crippen LogP contribution in [0, 0.1) is 0 Å². The molecule has 1 aromatic heterocycles. The van der Waals surface area contributed by atoms with Gasteiger partial charge in [-0.25, -0.2) is 0 Å². The monoisotopic (exact) mass is 314 g/mol. The normalized spacial score (nSPS) is 17.1. The number of pyridine rings is 1. The van der Waals surface area contributed by atoms with E-state index < -0.39 is 6.04 Å². The second-order valence-corrected chi connectivity index (χ2v) is 5.02. The lowest BCUT2D eigenvalue weighted by Gasteiger charge is -2.35. The van der Waals surface area contributed by atoms with Crippen molar-refractivity contribution in [1.29, 1.82) is 0 Å². The fourth-order valence-corrected chi connectivity index (χ4v) is 2.36. The van der Waals surface area contributed by atoms with E-state index in [-0.39, 0.29) is 24.9 Å². The molecule has 1 atom stereocenters. The fraction of sp³-hybridized carbons (Fsp3) is 0.571. The lowest BCUT2D eigenvalue weighted by atomic mass is 10.2. The maximum absolute atomic E-state index is 12.0. The van der Waals surface area contributed by atoms with Crippen molar-refractivity contribution >= 4 is 18.3 Å². The third-order valence-corrected chi connectivity index (χ3v) is 3.50. The van der Waals surface area contributed by atoms with Gasteiger partial charge in [0, 0.05) is 52.2 Å². The van der Waals surface area contributed by atoms with Crippen LogP contribution in [0.3, 0.4) is 0 Å². The molecule has 1 fully saturated rings. The van der Waals surface area contributed by atoms with Crippen molar-refractivity contribution in [3.8, 4) is 0 Å². The zero-order chi connectivity index (χ0) is 14.4. The molecule has 6 nitrogen and oxygen atoms in total. The van der Waals surface area contributed by atoms with Gasteiger partial charge in [-0.2, -0.15) is 0 Å². The van der Waals surface area contributed by atoms with Crippen LogP contribution in [0.5, 0.6) is 0 Å². The van der Waals surface area contributed by atoms with Crippen LogP contribution >= 0.6 is 12.4 Å². The molecule has 2 heterocycles. The van der Waals surface area contributed by atoms with Crippen LogP contribution in [0.25, 0.3) is 0 Å². The molecule has 1 unspecified atom stereocenters. The Morgan fingerprint density at radius 2 is 1.95 bits per heavy atom. The summed E-state index contributed by atoms with van der Waals surface area (Å²) in [5.41, 5.74) is 7.03. The molecule has 0 radical (unpaired) electrons. The molecule has 118 valence electrons. The lowest BCUT2D eigenvalue weighted by molar-refractivity contribution is -0.135. The Hall–Kier alpha value is -1.21. The molecule has 21 heavy (non-hydrogen) atoms. The Bertz CT molecular complexity index is 424. The average molecular weight is 315 g/mol. The van der Waals surface area contributed by atoms with E-state index in [9.17, 15) is 4.79 Å². The number of methoxy groups -OCH3 is 1. The average Bonchev–Trinajstić information content (AvgIpc) is 2.48. The topological polar surface area (TPSA) is 71.7 Å². The first-order valence-corrected chi connectivity index (χ1v) is 6.85. The second-order valence-electron chi connectivity index (χ2n) is 5.02. The number of ether oxygens (including phenoxy) is 1. The van der Waals surface area contributed by atoms with E-state index in [0.29, 0.717) is 0 Å². The molecule has 2 N–H and O–H groups in total. The van der Waals surface area contributed by atoms with Gasteiger partial charge >= 0.3 is 0 Å². The smallest absolute Gasteiger partial charge is 0.241 e. The number of aromatic nitrogens is 1. The van der Waals surface area contributed by atoms with E-state index in [1.54, 1.807) is 19.5 Å². The van der Waals surface area contributed by atoms with Crippen molar-refractivity contribution in [3.63, 3.8) is 0 Å². The maximum Gasteiger partial charge on any atom is 0.241 e. The van der Waals surface area contributed by atoms with Crippen LogP contribution in [-0.4, -0.2) is 66.6 Å². The zero-order valence-electron chi connectivity index (χ0n) is 12.3. The van der Waals surface area contributed by atoms with E-state index in [2.05, 4.69) is 9.88 Å². The third kappa shape index (κ3) is 5.24. The van der Waals surface area contributed by atoms with Crippen molar-refractivity contribution in [2.24, 2.45) is 5.73 Å². The quantitative estimate of drug-likeness (QED) is 0.836. The summed E-state index contributed by atoms with van der Waals surface area (Å²) in [6.07, 6.45) is 3.61. The first kappa shape index (κ1) is 17.8. The van der Waals surface area contributed by atoms with Crippen LogP contribution in [0.1, 0.15) is 5.56 Å². The molecular formula is C14H23ClN4O2. The minimum absolute atomic E-state index is 0. The Kier molecular flexibility index (Phi) is 7.60. The van der Waals surface area contributed by atoms with Gasteiger partial charge in [0.05, 0.1) is 6.61 Å². The molecule has 1 aliphatic rings. The highest BCUT2D eigenvalue weighted by atomic mass is 35.5. The number of nitrogens with zero attached hydrogens (tertiary/aromatic N) is 3. The number of carbonyl (C=O) groups is 1. The van der Waals surface area contributed by atoms with Gasteiger partial charge in [-0.15, -0.1) is 12.4 Å². The fourth-order valence-electron chi connectivity index (χ4n) is 2.36. The predicted octanol–water partition coefficient (Wildman–Crippen LogP) is 0.121. The minimum Gasteiger partial charge on any atom is -0.383 e. The van der Waals surface area contributed by atoms with Crippen molar-refractivity contribution in [2.45, 2.75) is 12.6 Å². The van der Waals surface area contributed by atoms with Gasteiger partial charge in [-0.1, -0.05) is 0 Å². The predicted molar refractivity (Wildman–Crippen MR) is 83.2 cm³/mol. The summed E-state index contributed by atoms with van der Waals surface area (Å²) in [6, 6.07) is 3.49. The van der Waals surface area contributed by atoms with Crippen LogP contribution in [0.2, 0.25) is 0 Å². The van der Waals surface area contributed by atoms with Gasteiger partial charge < -0.3 is 15.4 Å². The highest BCUT2D eigenvalue weighted by Crippen LogP contribution is 2.08. The standard InChI is InChI=1S/C14H22N4O2.ClH/c1-20-11-13(15)14(19)18-8-6-17(7-9-18)10-12-2-4-16-5-3-12;/h2-5,13H,6-11,15H2,1H3;1H. The Morgan fingerprint density at radius 1 is 1.33 bits per heavy atom. The van der Waals surface area contributed by atoms with Gasteiger partial charge in [-0.3, -0.25) is 14.7 Å². The Morgan fingerprint density at radius 3 is 2.52 bits per heavy atom. The maximum atomic E-state index is 12.0. The van der Waals surface area contributed by atoms with Crippen LogP contribution in [0.4, 0.5) is 0 Å². The van der Waals surface area contributed by atoms with Gasteiger partial charge in [0.15, 0.2) is 0 Å². The molecule has 7 heteroatoms. The summed E-state index contributed by atoms with van der Waals surface area (Å²) < 4.78 is 4.93. The molecule has 0 saturated carbocycles. The third-order valence-electron chi connectivity index (χ3n) is 3.50. The largest absolute Gasteiger partial charge is 0.383 e. The van der Waals surface area contributed by atoms with E-state index >= 15 is 0 Å². The van der Waals surface area contributed by atoms with Crippen LogP contribution in [-0.2, 0) is 16.1 Å². The molecular weight excluding hydrogens is 292 g/mol. The summed E-state index contributed by atoms with van der Waals surface area (Å²) in [5.74, 6) is -0.0181. The van der Waals surface area contributed by atoms with E-state index in [4.69, 9.17) is 10.5 Å². The van der Waals surface area contributed by atoms with Crippen LogP contribution in [0.15, 0.2) is 24.5 Å². The summed E-state index contributed by atoms with van der Waals surface area (Å²) in [5, 5.41) is 0. The highest BCUT2D eigenvalue weighted by molar-refractivity contribution is 5.85. The number of hydrogen-bond acceptors (Lipinski definition) is 5. The highest BCUT2D eigenvalue weighted by Gasteiger charge is 2.25. The molecule has 0 spiro atoms. The second kappa shape index (κ2) is 8.94. The van der Waals surface area contributed by atoms with Crippen molar-refractivity contribution < 1.29 is 9.53 Å². The van der Waals surface area contributed by atoms with Gasteiger partial charge in [-0.05, 0) is 17.7 Å². The molecule has 2 rings (SSSR count). The molecule has 0 aromatic carbocycles. The Balaban J connectivity index is 0.00000220. The number of amides is 1. The number of rotatable bonds is 5. The summed E-state index contributed by atoms with van der Waals surface area (Å²) >= 11 is 0. The summed E-state index contributed by atoms with van der Waals surface area (Å²) in [4.78, 5) is 20.2. The SMILES string of the molecule is COCC(N)C(=O)N1CCN(Cc2ccncc2)CC1.Cl. The number of halogens is 1.